The van der Waals surface area contributed by atoms with E-state index in [4.69, 9.17) is 16.1 Å². The SMILES string of the molecule is Clc1ccc(-c2noc(CCNc3ccc4nnc(-c5ccccc5)n4n3)n2)cc1. The number of hydrogen-bond acceptors (Lipinski definition) is 7. The van der Waals surface area contributed by atoms with Gasteiger partial charge in [0, 0.05) is 29.1 Å². The first-order valence-electron chi connectivity index (χ1n) is 9.36. The second-order valence-electron chi connectivity index (χ2n) is 6.57. The summed E-state index contributed by atoms with van der Waals surface area (Å²) in [5.74, 6) is 2.48. The largest absolute Gasteiger partial charge is 0.368 e. The smallest absolute Gasteiger partial charge is 0.228 e. The zero-order valence-electron chi connectivity index (χ0n) is 15.7. The van der Waals surface area contributed by atoms with E-state index in [1.165, 1.54) is 0 Å². The topological polar surface area (TPSA) is 94.0 Å². The Balaban J connectivity index is 1.27. The predicted molar refractivity (Wildman–Crippen MR) is 113 cm³/mol. The van der Waals surface area contributed by atoms with Crippen molar-refractivity contribution in [3.63, 3.8) is 0 Å². The normalized spacial score (nSPS) is 11.1. The molecule has 0 saturated carbocycles. The van der Waals surface area contributed by atoms with E-state index >= 15 is 0 Å². The summed E-state index contributed by atoms with van der Waals surface area (Å²) < 4.78 is 7.07. The Morgan fingerprint density at radius 3 is 2.57 bits per heavy atom. The molecule has 30 heavy (non-hydrogen) atoms. The Morgan fingerprint density at radius 2 is 1.73 bits per heavy atom. The van der Waals surface area contributed by atoms with Gasteiger partial charge >= 0.3 is 0 Å². The lowest BCUT2D eigenvalue weighted by Gasteiger charge is -2.05. The van der Waals surface area contributed by atoms with Crippen molar-refractivity contribution in [2.24, 2.45) is 0 Å². The monoisotopic (exact) mass is 417 g/mol. The van der Waals surface area contributed by atoms with Crippen molar-refractivity contribution in [1.29, 1.82) is 0 Å². The van der Waals surface area contributed by atoms with Gasteiger partial charge in [-0.2, -0.15) is 9.50 Å². The van der Waals surface area contributed by atoms with Crippen LogP contribution >= 0.6 is 11.6 Å². The lowest BCUT2D eigenvalue weighted by atomic mass is 10.2. The van der Waals surface area contributed by atoms with Gasteiger partial charge in [0.25, 0.3) is 0 Å². The summed E-state index contributed by atoms with van der Waals surface area (Å²) in [4.78, 5) is 4.43. The molecule has 3 heterocycles. The molecule has 0 aliphatic rings. The maximum absolute atomic E-state index is 5.92. The third kappa shape index (κ3) is 3.72. The third-order valence-corrected chi connectivity index (χ3v) is 4.76. The van der Waals surface area contributed by atoms with E-state index in [0.29, 0.717) is 47.0 Å². The van der Waals surface area contributed by atoms with Crippen LogP contribution in [-0.2, 0) is 6.42 Å². The molecule has 0 unspecified atom stereocenters. The Kier molecular flexibility index (Phi) is 4.82. The Bertz CT molecular complexity index is 1280. The molecule has 1 N–H and O–H groups in total. The van der Waals surface area contributed by atoms with E-state index in [2.05, 4.69) is 30.8 Å². The van der Waals surface area contributed by atoms with Crippen molar-refractivity contribution in [3.05, 3.63) is 77.6 Å². The second-order valence-corrected chi connectivity index (χ2v) is 7.01. The maximum Gasteiger partial charge on any atom is 0.228 e. The first-order valence-corrected chi connectivity index (χ1v) is 9.74. The van der Waals surface area contributed by atoms with Crippen LogP contribution in [0.25, 0.3) is 28.4 Å². The average Bonchev–Trinajstić information content (AvgIpc) is 3.42. The fourth-order valence-corrected chi connectivity index (χ4v) is 3.15. The van der Waals surface area contributed by atoms with Gasteiger partial charge in [-0.1, -0.05) is 47.1 Å². The molecule has 9 heteroatoms. The van der Waals surface area contributed by atoms with Crippen molar-refractivity contribution in [2.45, 2.75) is 6.42 Å². The number of halogens is 1. The minimum atomic E-state index is 0.540. The van der Waals surface area contributed by atoms with Crippen LogP contribution in [-0.4, -0.2) is 36.5 Å². The minimum absolute atomic E-state index is 0.540. The molecule has 2 aromatic carbocycles. The molecule has 0 fully saturated rings. The van der Waals surface area contributed by atoms with Crippen LogP contribution in [0.2, 0.25) is 5.02 Å². The molecule has 0 bridgehead atoms. The van der Waals surface area contributed by atoms with Crippen LogP contribution in [0.3, 0.4) is 0 Å². The summed E-state index contributed by atoms with van der Waals surface area (Å²) in [5.41, 5.74) is 2.50. The highest BCUT2D eigenvalue weighted by molar-refractivity contribution is 6.30. The third-order valence-electron chi connectivity index (χ3n) is 4.51. The first kappa shape index (κ1) is 18.3. The van der Waals surface area contributed by atoms with Gasteiger partial charge in [-0.15, -0.1) is 15.3 Å². The second kappa shape index (κ2) is 7.92. The lowest BCUT2D eigenvalue weighted by molar-refractivity contribution is 0.381. The quantitative estimate of drug-likeness (QED) is 0.443. The highest BCUT2D eigenvalue weighted by Crippen LogP contribution is 2.19. The zero-order chi connectivity index (χ0) is 20.3. The molecule has 148 valence electrons. The van der Waals surface area contributed by atoms with Gasteiger partial charge in [0.05, 0.1) is 0 Å². The molecule has 0 spiro atoms. The van der Waals surface area contributed by atoms with E-state index in [9.17, 15) is 0 Å². The number of rotatable bonds is 6. The van der Waals surface area contributed by atoms with Gasteiger partial charge in [-0.25, -0.2) is 0 Å². The average molecular weight is 418 g/mol. The van der Waals surface area contributed by atoms with Crippen LogP contribution in [0.15, 0.2) is 71.3 Å². The van der Waals surface area contributed by atoms with Gasteiger partial charge in [0.1, 0.15) is 5.82 Å². The molecular formula is C21H16ClN7O. The van der Waals surface area contributed by atoms with Crippen molar-refractivity contribution in [3.8, 4) is 22.8 Å². The highest BCUT2D eigenvalue weighted by Gasteiger charge is 2.11. The fourth-order valence-electron chi connectivity index (χ4n) is 3.02. The van der Waals surface area contributed by atoms with E-state index in [1.807, 2.05) is 54.6 Å². The number of fused-ring (bicyclic) bond motifs is 1. The van der Waals surface area contributed by atoms with Gasteiger partial charge in [-0.3, -0.25) is 0 Å². The highest BCUT2D eigenvalue weighted by atomic mass is 35.5. The summed E-state index contributed by atoms with van der Waals surface area (Å²) in [5, 5.41) is 21.0. The molecule has 5 rings (SSSR count). The zero-order valence-corrected chi connectivity index (χ0v) is 16.5. The molecule has 0 amide bonds. The standard InChI is InChI=1S/C21H16ClN7O/c22-16-8-6-14(7-9-16)20-24-19(30-28-20)12-13-23-17-10-11-18-25-26-21(29(18)27-17)15-4-2-1-3-5-15/h1-11H,12-13H2,(H,23,27). The van der Waals surface area contributed by atoms with E-state index in [1.54, 1.807) is 16.6 Å². The molecule has 0 radical (unpaired) electrons. The van der Waals surface area contributed by atoms with Crippen molar-refractivity contribution >= 4 is 23.1 Å². The van der Waals surface area contributed by atoms with Crippen molar-refractivity contribution in [1.82, 2.24) is 30.0 Å². The fraction of sp³-hybridized carbons (Fsp3) is 0.0952. The number of nitrogens with zero attached hydrogens (tertiary/aromatic N) is 6. The lowest BCUT2D eigenvalue weighted by Crippen LogP contribution is -2.08. The Hall–Kier alpha value is -3.78. The molecule has 3 aromatic heterocycles. The van der Waals surface area contributed by atoms with E-state index in [0.717, 1.165) is 11.1 Å². The summed E-state index contributed by atoms with van der Waals surface area (Å²) in [6, 6.07) is 20.9. The van der Waals surface area contributed by atoms with Gasteiger partial charge < -0.3 is 9.84 Å². The van der Waals surface area contributed by atoms with Gasteiger partial charge in [0.2, 0.25) is 11.7 Å². The summed E-state index contributed by atoms with van der Waals surface area (Å²) in [6.07, 6.45) is 0.564. The van der Waals surface area contributed by atoms with Crippen molar-refractivity contribution in [2.75, 3.05) is 11.9 Å². The summed E-state index contributed by atoms with van der Waals surface area (Å²) >= 11 is 5.92. The molecule has 5 aromatic rings. The van der Waals surface area contributed by atoms with Crippen LogP contribution < -0.4 is 5.32 Å². The summed E-state index contributed by atoms with van der Waals surface area (Å²) in [7, 11) is 0. The minimum Gasteiger partial charge on any atom is -0.368 e. The van der Waals surface area contributed by atoms with Crippen molar-refractivity contribution < 1.29 is 4.52 Å². The van der Waals surface area contributed by atoms with Gasteiger partial charge in [-0.05, 0) is 36.4 Å². The Labute approximate surface area is 176 Å². The summed E-state index contributed by atoms with van der Waals surface area (Å²) in [6.45, 7) is 0.587. The van der Waals surface area contributed by atoms with Crippen LogP contribution in [0.1, 0.15) is 5.89 Å². The number of nitrogens with one attached hydrogen (secondary N) is 1. The molecule has 0 saturated heterocycles. The first-order chi connectivity index (χ1) is 14.8. The van der Waals surface area contributed by atoms with Gasteiger partial charge in [0.15, 0.2) is 11.5 Å². The number of hydrogen-bond donors (Lipinski definition) is 1. The number of benzene rings is 2. The molecule has 0 aliphatic heterocycles. The molecular weight excluding hydrogens is 402 g/mol. The molecule has 0 aliphatic carbocycles. The molecule has 8 nitrogen and oxygen atoms in total. The predicted octanol–water partition coefficient (Wildman–Crippen LogP) is 4.15. The number of aromatic nitrogens is 6. The van der Waals surface area contributed by atoms with Crippen LogP contribution in [0, 0.1) is 0 Å². The van der Waals surface area contributed by atoms with E-state index in [-0.39, 0.29) is 0 Å². The Morgan fingerprint density at radius 1 is 0.900 bits per heavy atom. The van der Waals surface area contributed by atoms with Crippen LogP contribution in [0.4, 0.5) is 5.82 Å². The molecule has 0 atom stereocenters. The van der Waals surface area contributed by atoms with Crippen LogP contribution in [0.5, 0.6) is 0 Å². The van der Waals surface area contributed by atoms with E-state index < -0.39 is 0 Å². The number of anilines is 1. The maximum atomic E-state index is 5.92.